The Hall–Kier alpha value is -3.28. The first-order valence-electron chi connectivity index (χ1n) is 10.8. The largest absolute Gasteiger partial charge is 0.329 e. The Balaban J connectivity index is 0. The summed E-state index contributed by atoms with van der Waals surface area (Å²) in [7, 11) is 0. The number of rotatable bonds is 9. The van der Waals surface area contributed by atoms with Gasteiger partial charge in [0.25, 0.3) is 20.0 Å². The van der Waals surface area contributed by atoms with Crippen molar-refractivity contribution in [3.05, 3.63) is 70.1 Å². The zero-order valence-electron chi connectivity index (χ0n) is 19.9. The molecule has 1 aliphatic heterocycles. The third kappa shape index (κ3) is 18.8. The molecule has 1 aromatic rings. The lowest BCUT2D eigenvalue weighted by Crippen LogP contribution is -2.30. The molecule has 1 fully saturated rings. The van der Waals surface area contributed by atoms with E-state index in [1.54, 1.807) is 6.07 Å². The van der Waals surface area contributed by atoms with Crippen molar-refractivity contribution >= 4 is 11.6 Å². The smallest absolute Gasteiger partial charge is 0.272 e. The number of hydrogen-bond acceptors (Lipinski definition) is 8. The zero-order valence-corrected chi connectivity index (χ0v) is 20.7. The molecule has 11 nitrogen and oxygen atoms in total. The van der Waals surface area contributed by atoms with Crippen molar-refractivity contribution in [2.75, 3.05) is 71.7 Å². The quantitative estimate of drug-likeness (QED) is 0.172. The minimum Gasteiger partial charge on any atom is -0.329 e. The van der Waals surface area contributed by atoms with Gasteiger partial charge in [-0.2, -0.15) is 10.5 Å². The standard InChI is InChI=1S/C13H14N4.C6H10N4.C2H2ClN.C2H8N2/c1-14-10-16-8-9-17(11-15-2)13(16)12-6-4-3-5-7-12;1-8-6-10-5-4-9-3-2-7;2*3-1-2-4/h3-7,13H,8-11H2;9-10H,3-6H2;1H2;1-4H2. The van der Waals surface area contributed by atoms with Gasteiger partial charge in [0, 0.05) is 39.3 Å². The van der Waals surface area contributed by atoms with Crippen LogP contribution in [0.25, 0.3) is 14.5 Å². The van der Waals surface area contributed by atoms with Gasteiger partial charge in [-0.05, 0) is 5.56 Å². The van der Waals surface area contributed by atoms with Crippen LogP contribution in [0.5, 0.6) is 0 Å². The SMILES string of the molecule is N#CCCl.NCCN.[C-]#[N+]CN1CCN(C[N+]#[C-])C1c1ccccc1.[C-]#[N+]CNCCNCC#N. The number of nitrogens with two attached hydrogens (primary N) is 2. The highest BCUT2D eigenvalue weighted by Gasteiger charge is 2.35. The molecule has 12 heteroatoms. The summed E-state index contributed by atoms with van der Waals surface area (Å²) in [6.07, 6.45) is 0.0828. The monoisotopic (exact) mass is 499 g/mol. The Labute approximate surface area is 214 Å². The zero-order chi connectivity index (χ0) is 26.6. The van der Waals surface area contributed by atoms with Gasteiger partial charge in [-0.15, -0.1) is 11.6 Å². The normalized spacial score (nSPS) is 12.4. The fraction of sp³-hybridized carbons (Fsp3) is 0.522. The summed E-state index contributed by atoms with van der Waals surface area (Å²) in [5.41, 5.74) is 11.0. The maximum absolute atomic E-state index is 8.09. The molecule has 1 aliphatic rings. The first kappa shape index (κ1) is 33.9. The van der Waals surface area contributed by atoms with Gasteiger partial charge < -0.3 is 16.8 Å². The van der Waals surface area contributed by atoms with Gasteiger partial charge in [0.15, 0.2) is 0 Å². The van der Waals surface area contributed by atoms with Crippen LogP contribution in [0.4, 0.5) is 0 Å². The molecular formula is C23H34ClN11. The van der Waals surface area contributed by atoms with E-state index in [2.05, 4.69) is 47.1 Å². The van der Waals surface area contributed by atoms with Crippen LogP contribution < -0.4 is 22.1 Å². The van der Waals surface area contributed by atoms with Crippen molar-refractivity contribution in [3.8, 4) is 12.1 Å². The van der Waals surface area contributed by atoms with Crippen LogP contribution >= 0.6 is 11.6 Å². The topological polar surface area (TPSA) is 143 Å². The van der Waals surface area contributed by atoms with Gasteiger partial charge in [0.1, 0.15) is 12.0 Å². The van der Waals surface area contributed by atoms with Crippen LogP contribution in [0, 0.1) is 42.4 Å². The molecule has 0 saturated carbocycles. The molecule has 6 N–H and O–H groups in total. The lowest BCUT2D eigenvalue weighted by atomic mass is 10.1. The van der Waals surface area contributed by atoms with Crippen LogP contribution in [0.2, 0.25) is 0 Å². The number of alkyl halides is 1. The van der Waals surface area contributed by atoms with Crippen LogP contribution in [0.1, 0.15) is 11.7 Å². The molecule has 1 heterocycles. The molecule has 0 spiro atoms. The van der Waals surface area contributed by atoms with Crippen LogP contribution in [-0.4, -0.2) is 81.5 Å². The first-order valence-corrected chi connectivity index (χ1v) is 11.3. The fourth-order valence-electron chi connectivity index (χ4n) is 2.71. The van der Waals surface area contributed by atoms with Gasteiger partial charge in [0.05, 0.1) is 18.7 Å². The van der Waals surface area contributed by atoms with Gasteiger partial charge in [-0.3, -0.25) is 14.5 Å². The van der Waals surface area contributed by atoms with Crippen LogP contribution in [0.15, 0.2) is 30.3 Å². The predicted octanol–water partition coefficient (Wildman–Crippen LogP) is 1.27. The molecule has 1 saturated heterocycles. The molecule has 0 aliphatic carbocycles. The molecule has 0 radical (unpaired) electrons. The van der Waals surface area contributed by atoms with Crippen molar-refractivity contribution in [1.82, 2.24) is 20.4 Å². The van der Waals surface area contributed by atoms with E-state index in [0.717, 1.165) is 31.7 Å². The van der Waals surface area contributed by atoms with Gasteiger partial charge >= 0.3 is 0 Å². The van der Waals surface area contributed by atoms with Crippen LogP contribution in [-0.2, 0) is 0 Å². The Morgan fingerprint density at radius 1 is 0.914 bits per heavy atom. The van der Waals surface area contributed by atoms with Crippen molar-refractivity contribution in [1.29, 1.82) is 10.5 Å². The average molecular weight is 500 g/mol. The Morgan fingerprint density at radius 3 is 1.83 bits per heavy atom. The van der Waals surface area contributed by atoms with E-state index in [4.69, 9.17) is 53.3 Å². The summed E-state index contributed by atoms with van der Waals surface area (Å²) in [5, 5.41) is 21.3. The number of halogens is 1. The highest BCUT2D eigenvalue weighted by molar-refractivity contribution is 6.19. The first-order chi connectivity index (χ1) is 17.1. The second-order valence-electron chi connectivity index (χ2n) is 6.53. The molecular weight excluding hydrogens is 466 g/mol. The average Bonchev–Trinajstić information content (AvgIpc) is 3.30. The number of nitrogens with one attached hydrogen (secondary N) is 2. The molecule has 0 unspecified atom stereocenters. The van der Waals surface area contributed by atoms with Crippen molar-refractivity contribution < 1.29 is 0 Å². The second kappa shape index (κ2) is 27.0. The third-order valence-electron chi connectivity index (χ3n) is 4.07. The van der Waals surface area contributed by atoms with E-state index in [-0.39, 0.29) is 12.0 Å². The van der Waals surface area contributed by atoms with E-state index in [9.17, 15) is 0 Å². The molecule has 0 atom stereocenters. The summed E-state index contributed by atoms with van der Waals surface area (Å²) in [4.78, 5) is 14.3. The molecule has 0 bridgehead atoms. The third-order valence-corrected chi connectivity index (χ3v) is 4.19. The summed E-state index contributed by atoms with van der Waals surface area (Å²) in [5.74, 6) is 0.0972. The Kier molecular flexibility index (Phi) is 26.1. The number of nitrogens with zero attached hydrogens (tertiary/aromatic N) is 7. The van der Waals surface area contributed by atoms with Crippen molar-refractivity contribution in [3.63, 3.8) is 0 Å². The minimum atomic E-state index is 0.0828. The molecule has 2 rings (SSSR count). The number of nitriles is 2. The molecule has 0 amide bonds. The van der Waals surface area contributed by atoms with Gasteiger partial charge in [-0.25, -0.2) is 34.8 Å². The summed E-state index contributed by atoms with van der Waals surface area (Å²) < 4.78 is 0. The lowest BCUT2D eigenvalue weighted by molar-refractivity contribution is 0.159. The molecule has 188 valence electrons. The second-order valence-corrected chi connectivity index (χ2v) is 6.80. The maximum atomic E-state index is 8.09. The molecule has 35 heavy (non-hydrogen) atoms. The minimum absolute atomic E-state index is 0.0828. The maximum Gasteiger partial charge on any atom is 0.272 e. The van der Waals surface area contributed by atoms with Crippen molar-refractivity contribution in [2.45, 2.75) is 6.17 Å². The van der Waals surface area contributed by atoms with E-state index >= 15 is 0 Å². The number of benzene rings is 1. The van der Waals surface area contributed by atoms with E-state index < -0.39 is 0 Å². The fourth-order valence-corrected chi connectivity index (χ4v) is 2.71. The van der Waals surface area contributed by atoms with Crippen LogP contribution in [0.3, 0.4) is 0 Å². The highest BCUT2D eigenvalue weighted by Crippen LogP contribution is 2.29. The molecule has 1 aromatic carbocycles. The summed E-state index contributed by atoms with van der Waals surface area (Å²) in [6, 6.07) is 13.8. The summed E-state index contributed by atoms with van der Waals surface area (Å²) in [6.45, 7) is 26.3. The van der Waals surface area contributed by atoms with E-state index in [0.29, 0.717) is 39.6 Å². The summed E-state index contributed by atoms with van der Waals surface area (Å²) >= 11 is 4.82. The van der Waals surface area contributed by atoms with E-state index in [1.165, 1.54) is 0 Å². The van der Waals surface area contributed by atoms with Crippen molar-refractivity contribution in [2.24, 2.45) is 11.5 Å². The molecule has 0 aromatic heterocycles. The number of hydrogen-bond donors (Lipinski definition) is 4. The van der Waals surface area contributed by atoms with Gasteiger partial charge in [-0.1, -0.05) is 30.3 Å². The predicted molar refractivity (Wildman–Crippen MR) is 138 cm³/mol. The lowest BCUT2D eigenvalue weighted by Gasteiger charge is -2.24. The Bertz CT molecular complexity index is 787. The highest BCUT2D eigenvalue weighted by atomic mass is 35.5. The van der Waals surface area contributed by atoms with Gasteiger partial charge in [0.2, 0.25) is 0 Å². The Morgan fingerprint density at radius 2 is 1.43 bits per heavy atom. The van der Waals surface area contributed by atoms with E-state index in [1.807, 2.05) is 24.3 Å².